The molecule has 0 atom stereocenters. The molecule has 5 heteroatoms. The maximum atomic E-state index is 11.7. The molecular formula is C34H39IrN2O2-. The van der Waals surface area contributed by atoms with Crippen molar-refractivity contribution in [3.05, 3.63) is 83.8 Å². The van der Waals surface area contributed by atoms with Gasteiger partial charge in [-0.3, -0.25) is 14.8 Å². The van der Waals surface area contributed by atoms with Crippen molar-refractivity contribution in [2.45, 2.75) is 72.6 Å². The SMILES string of the molecule is CC1(C)c2cc3ncccc3nc2-c2[c-]ccc3cccc1c23.CCC(CC)C(=O)/C=C(\O)C(CC)CC.[Ir]. The van der Waals surface area contributed by atoms with Crippen LogP contribution in [0.4, 0.5) is 0 Å². The molecule has 0 amide bonds. The average Bonchev–Trinajstić information content (AvgIpc) is 2.92. The maximum Gasteiger partial charge on any atom is 0.162 e. The van der Waals surface area contributed by atoms with Crippen molar-refractivity contribution >= 4 is 27.6 Å². The zero-order valence-electron chi connectivity index (χ0n) is 23.8. The van der Waals surface area contributed by atoms with Crippen LogP contribution in [-0.2, 0) is 30.3 Å². The van der Waals surface area contributed by atoms with Crippen molar-refractivity contribution in [1.29, 1.82) is 0 Å². The van der Waals surface area contributed by atoms with Gasteiger partial charge in [0.15, 0.2) is 5.78 Å². The van der Waals surface area contributed by atoms with Crippen molar-refractivity contribution in [3.8, 4) is 11.3 Å². The Morgan fingerprint density at radius 2 is 1.64 bits per heavy atom. The summed E-state index contributed by atoms with van der Waals surface area (Å²) < 4.78 is 0. The number of hydrogen-bond acceptors (Lipinski definition) is 4. The van der Waals surface area contributed by atoms with E-state index in [0.717, 1.165) is 48.0 Å². The molecule has 1 radical (unpaired) electrons. The second-order valence-corrected chi connectivity index (χ2v) is 10.7. The Balaban J connectivity index is 0.000000233. The van der Waals surface area contributed by atoms with Crippen LogP contribution in [0.2, 0.25) is 0 Å². The van der Waals surface area contributed by atoms with E-state index in [0.29, 0.717) is 0 Å². The molecule has 4 aromatic rings. The van der Waals surface area contributed by atoms with Crippen molar-refractivity contribution in [2.75, 3.05) is 0 Å². The van der Waals surface area contributed by atoms with Crippen LogP contribution in [0.15, 0.2) is 66.6 Å². The van der Waals surface area contributed by atoms with Crippen molar-refractivity contribution in [2.24, 2.45) is 11.8 Å². The molecule has 2 heterocycles. The summed E-state index contributed by atoms with van der Waals surface area (Å²) in [6, 6.07) is 20.2. The fraction of sp³-hybridized carbons (Fsp3) is 0.382. The first-order chi connectivity index (χ1) is 18.3. The van der Waals surface area contributed by atoms with E-state index < -0.39 is 0 Å². The monoisotopic (exact) mass is 700 g/mol. The minimum Gasteiger partial charge on any atom is -0.512 e. The predicted molar refractivity (Wildman–Crippen MR) is 157 cm³/mol. The van der Waals surface area contributed by atoms with Gasteiger partial charge in [-0.2, -0.15) is 0 Å². The first-order valence-electron chi connectivity index (χ1n) is 13.9. The van der Waals surface area contributed by atoms with E-state index in [4.69, 9.17) is 4.98 Å². The standard InChI is InChI=1S/C21H15N2.C13H24O2.Ir/c1-21(2)15-9-4-7-13-6-3-8-14(19(13)15)20-16(21)12-18-17(23-20)10-5-11-22-18;1-5-10(6-2)12(14)9-13(15)11(7-3)8-4;/h3-7,9-12H,1-2H3;9-11,14H,5-8H2,1-4H3;/q-1;;/b;12-9-;. The molecule has 0 spiro atoms. The summed E-state index contributed by atoms with van der Waals surface area (Å²) in [6.45, 7) is 12.6. The van der Waals surface area contributed by atoms with Crippen LogP contribution >= 0.6 is 0 Å². The number of rotatable bonds is 7. The molecule has 0 aliphatic heterocycles. The largest absolute Gasteiger partial charge is 0.512 e. The Hall–Kier alpha value is -2.88. The average molecular weight is 700 g/mol. The number of benzene rings is 2. The summed E-state index contributed by atoms with van der Waals surface area (Å²) in [5.74, 6) is 0.547. The second kappa shape index (κ2) is 13.0. The fourth-order valence-corrected chi connectivity index (χ4v) is 5.57. The van der Waals surface area contributed by atoms with Gasteiger partial charge in [0.25, 0.3) is 0 Å². The van der Waals surface area contributed by atoms with Crippen LogP contribution in [0.1, 0.15) is 78.4 Å². The molecule has 0 bridgehead atoms. The first-order valence-corrected chi connectivity index (χ1v) is 13.9. The number of hydrogen-bond donors (Lipinski definition) is 1. The molecule has 0 saturated heterocycles. The summed E-state index contributed by atoms with van der Waals surface area (Å²) in [6.07, 6.45) is 6.73. The number of fused-ring (bicyclic) bond motifs is 3. The van der Waals surface area contributed by atoms with Gasteiger partial charge < -0.3 is 5.11 Å². The van der Waals surface area contributed by atoms with Crippen LogP contribution in [-0.4, -0.2) is 20.9 Å². The summed E-state index contributed by atoms with van der Waals surface area (Å²) in [4.78, 5) is 21.1. The normalized spacial score (nSPS) is 13.6. The molecule has 4 nitrogen and oxygen atoms in total. The van der Waals surface area contributed by atoms with Crippen LogP contribution in [0.5, 0.6) is 0 Å². The van der Waals surface area contributed by atoms with Crippen molar-refractivity contribution < 1.29 is 30.0 Å². The Labute approximate surface area is 246 Å². The Morgan fingerprint density at radius 3 is 2.31 bits per heavy atom. The Bertz CT molecular complexity index is 1480. The number of aliphatic hydroxyl groups excluding tert-OH is 1. The van der Waals surface area contributed by atoms with Gasteiger partial charge in [0, 0.05) is 49.6 Å². The molecule has 1 aliphatic carbocycles. The van der Waals surface area contributed by atoms with Crippen LogP contribution in [0.3, 0.4) is 0 Å². The van der Waals surface area contributed by atoms with Gasteiger partial charge in [-0.1, -0.05) is 76.3 Å². The number of carbonyl (C=O) groups is 1. The maximum absolute atomic E-state index is 11.7. The molecule has 39 heavy (non-hydrogen) atoms. The van der Waals surface area contributed by atoms with Crippen LogP contribution in [0.25, 0.3) is 33.1 Å². The molecule has 1 N–H and O–H groups in total. The van der Waals surface area contributed by atoms with Gasteiger partial charge >= 0.3 is 0 Å². The van der Waals surface area contributed by atoms with Crippen LogP contribution in [0, 0.1) is 17.9 Å². The van der Waals surface area contributed by atoms with Crippen LogP contribution < -0.4 is 0 Å². The van der Waals surface area contributed by atoms with Gasteiger partial charge in [-0.05, 0) is 49.6 Å². The molecule has 0 fully saturated rings. The quantitative estimate of drug-likeness (QED) is 0.119. The topological polar surface area (TPSA) is 63.1 Å². The molecule has 2 aromatic carbocycles. The van der Waals surface area contributed by atoms with E-state index in [1.54, 1.807) is 0 Å². The van der Waals surface area contributed by atoms with Crippen molar-refractivity contribution in [3.63, 3.8) is 0 Å². The van der Waals surface area contributed by atoms with Gasteiger partial charge in [-0.25, -0.2) is 0 Å². The van der Waals surface area contributed by atoms with E-state index in [1.165, 1.54) is 28.0 Å². The zero-order valence-corrected chi connectivity index (χ0v) is 26.2. The minimum atomic E-state index is -0.101. The smallest absolute Gasteiger partial charge is 0.162 e. The van der Waals surface area contributed by atoms with Crippen molar-refractivity contribution in [1.82, 2.24) is 9.97 Å². The summed E-state index contributed by atoms with van der Waals surface area (Å²) in [7, 11) is 0. The Morgan fingerprint density at radius 1 is 0.949 bits per heavy atom. The van der Waals surface area contributed by atoms with Gasteiger partial charge in [0.1, 0.15) is 0 Å². The number of allylic oxidation sites excluding steroid dienone is 2. The number of aliphatic hydroxyl groups is 1. The first kappa shape index (κ1) is 30.7. The number of carbonyl (C=O) groups excluding carboxylic acids is 1. The number of nitrogens with zero attached hydrogens (tertiary/aromatic N) is 2. The fourth-order valence-electron chi connectivity index (χ4n) is 5.57. The molecular weight excluding hydrogens is 661 g/mol. The molecule has 5 rings (SSSR count). The van der Waals surface area contributed by atoms with E-state index >= 15 is 0 Å². The van der Waals surface area contributed by atoms with Gasteiger partial charge in [0.2, 0.25) is 0 Å². The molecule has 0 unspecified atom stereocenters. The number of ketones is 1. The Kier molecular flexibility index (Phi) is 10.2. The number of pyridine rings is 2. The summed E-state index contributed by atoms with van der Waals surface area (Å²) in [5.41, 5.74) is 6.50. The molecule has 2 aromatic heterocycles. The zero-order chi connectivity index (χ0) is 27.4. The number of aromatic nitrogens is 2. The molecule has 0 saturated carbocycles. The van der Waals surface area contributed by atoms with E-state index in [2.05, 4.69) is 55.2 Å². The van der Waals surface area contributed by atoms with E-state index in [1.807, 2.05) is 52.1 Å². The van der Waals surface area contributed by atoms with Gasteiger partial charge in [0.05, 0.1) is 16.8 Å². The second-order valence-electron chi connectivity index (χ2n) is 10.7. The van der Waals surface area contributed by atoms with E-state index in [-0.39, 0.29) is 48.9 Å². The third-order valence-electron chi connectivity index (χ3n) is 8.09. The summed E-state index contributed by atoms with van der Waals surface area (Å²) >= 11 is 0. The molecule has 1 aliphatic rings. The molecule has 207 valence electrons. The third kappa shape index (κ3) is 6.00. The van der Waals surface area contributed by atoms with Gasteiger partial charge in [-0.15, -0.1) is 29.1 Å². The summed E-state index contributed by atoms with van der Waals surface area (Å²) in [5, 5.41) is 12.3. The minimum absolute atomic E-state index is 0. The van der Waals surface area contributed by atoms with E-state index in [9.17, 15) is 9.90 Å². The third-order valence-corrected chi connectivity index (χ3v) is 8.09. The predicted octanol–water partition coefficient (Wildman–Crippen LogP) is 8.76.